The van der Waals surface area contributed by atoms with Crippen molar-refractivity contribution in [2.45, 2.75) is 51.7 Å². The van der Waals surface area contributed by atoms with Crippen LogP contribution >= 0.6 is 0 Å². The molecule has 0 radical (unpaired) electrons. The molecule has 0 aliphatic heterocycles. The third-order valence-electron chi connectivity index (χ3n) is 1.72. The molecular formula is C10H20O2. The number of aliphatic hydroxyl groups excluding tert-OH is 2. The molecule has 0 bridgehead atoms. The van der Waals surface area contributed by atoms with Gasteiger partial charge in [0.15, 0.2) is 0 Å². The van der Waals surface area contributed by atoms with Crippen molar-refractivity contribution in [3.63, 3.8) is 0 Å². The van der Waals surface area contributed by atoms with Crippen LogP contribution in [0.25, 0.3) is 0 Å². The van der Waals surface area contributed by atoms with Gasteiger partial charge in [0.05, 0.1) is 12.2 Å². The molecule has 0 amide bonds. The Bertz CT molecular complexity index is 107. The van der Waals surface area contributed by atoms with Crippen LogP contribution in [0.5, 0.6) is 0 Å². The predicted molar refractivity (Wildman–Crippen MR) is 51.0 cm³/mol. The summed E-state index contributed by atoms with van der Waals surface area (Å²) in [4.78, 5) is 0. The van der Waals surface area contributed by atoms with Gasteiger partial charge in [-0.15, -0.1) is 0 Å². The normalized spacial score (nSPS) is 16.7. The van der Waals surface area contributed by atoms with Gasteiger partial charge in [0, 0.05) is 0 Å². The Balaban J connectivity index is 3.57. The maximum atomic E-state index is 9.27. The third-order valence-corrected chi connectivity index (χ3v) is 1.72. The van der Waals surface area contributed by atoms with Crippen molar-refractivity contribution >= 4 is 0 Å². The average Bonchev–Trinajstić information content (AvgIpc) is 2.02. The van der Waals surface area contributed by atoms with Crippen molar-refractivity contribution in [1.29, 1.82) is 0 Å². The van der Waals surface area contributed by atoms with Gasteiger partial charge in [-0.2, -0.15) is 0 Å². The van der Waals surface area contributed by atoms with E-state index >= 15 is 0 Å². The van der Waals surface area contributed by atoms with E-state index < -0.39 is 0 Å². The van der Waals surface area contributed by atoms with Crippen molar-refractivity contribution in [3.8, 4) is 0 Å². The minimum atomic E-state index is -0.387. The fourth-order valence-corrected chi connectivity index (χ4v) is 1.04. The molecule has 0 rings (SSSR count). The van der Waals surface area contributed by atoms with Gasteiger partial charge in [-0.25, -0.2) is 0 Å². The summed E-state index contributed by atoms with van der Waals surface area (Å²) in [5.41, 5.74) is 0. The second kappa shape index (κ2) is 7.32. The van der Waals surface area contributed by atoms with E-state index in [4.69, 9.17) is 0 Å². The van der Waals surface area contributed by atoms with Gasteiger partial charge < -0.3 is 10.2 Å². The minimum Gasteiger partial charge on any atom is -0.389 e. The second-order valence-corrected chi connectivity index (χ2v) is 3.10. The summed E-state index contributed by atoms with van der Waals surface area (Å²) < 4.78 is 0. The fraction of sp³-hybridized carbons (Fsp3) is 0.800. The van der Waals surface area contributed by atoms with Crippen molar-refractivity contribution in [2.24, 2.45) is 0 Å². The van der Waals surface area contributed by atoms with Crippen LogP contribution in [0.2, 0.25) is 0 Å². The summed E-state index contributed by atoms with van der Waals surface area (Å²) in [7, 11) is 0. The highest BCUT2D eigenvalue weighted by molar-refractivity contribution is 4.93. The summed E-state index contributed by atoms with van der Waals surface area (Å²) in [6.45, 7) is 4.05. The Morgan fingerprint density at radius 2 is 1.25 bits per heavy atom. The van der Waals surface area contributed by atoms with E-state index in [0.717, 1.165) is 25.7 Å². The molecular weight excluding hydrogens is 152 g/mol. The first-order valence-corrected chi connectivity index (χ1v) is 4.75. The van der Waals surface area contributed by atoms with Crippen LogP contribution in [0.4, 0.5) is 0 Å². The molecule has 0 saturated carbocycles. The quantitative estimate of drug-likeness (QED) is 0.600. The first kappa shape index (κ1) is 11.7. The SMILES string of the molecule is CCCC(O)/C=C/C(O)CCC. The molecule has 0 aromatic carbocycles. The molecule has 0 aliphatic rings. The van der Waals surface area contributed by atoms with E-state index in [1.807, 2.05) is 13.8 Å². The highest BCUT2D eigenvalue weighted by Gasteiger charge is 1.99. The van der Waals surface area contributed by atoms with Crippen LogP contribution < -0.4 is 0 Å². The Morgan fingerprint density at radius 3 is 1.50 bits per heavy atom. The molecule has 72 valence electrons. The van der Waals surface area contributed by atoms with Crippen LogP contribution in [0.1, 0.15) is 39.5 Å². The van der Waals surface area contributed by atoms with E-state index in [1.54, 1.807) is 12.2 Å². The minimum absolute atomic E-state index is 0.387. The van der Waals surface area contributed by atoms with Gasteiger partial charge in [-0.3, -0.25) is 0 Å². The first-order valence-electron chi connectivity index (χ1n) is 4.75. The lowest BCUT2D eigenvalue weighted by atomic mass is 10.1. The lowest BCUT2D eigenvalue weighted by Gasteiger charge is -2.05. The monoisotopic (exact) mass is 172 g/mol. The molecule has 0 aromatic rings. The standard InChI is InChI=1S/C10H20O2/c1-3-5-9(11)7-8-10(12)6-4-2/h7-12H,3-6H2,1-2H3/b8-7+. The molecule has 2 atom stereocenters. The summed E-state index contributed by atoms with van der Waals surface area (Å²) >= 11 is 0. The molecule has 0 aliphatic carbocycles. The molecule has 0 saturated heterocycles. The number of aliphatic hydroxyl groups is 2. The van der Waals surface area contributed by atoms with E-state index in [0.29, 0.717) is 0 Å². The molecule has 2 N–H and O–H groups in total. The number of hydrogen-bond acceptors (Lipinski definition) is 2. The van der Waals surface area contributed by atoms with E-state index in [2.05, 4.69) is 0 Å². The summed E-state index contributed by atoms with van der Waals surface area (Å²) in [5, 5.41) is 18.5. The van der Waals surface area contributed by atoms with E-state index in [9.17, 15) is 10.2 Å². The Kier molecular flexibility index (Phi) is 7.11. The van der Waals surface area contributed by atoms with Crippen LogP contribution in [0.3, 0.4) is 0 Å². The molecule has 2 heteroatoms. The van der Waals surface area contributed by atoms with Crippen molar-refractivity contribution < 1.29 is 10.2 Å². The molecule has 2 unspecified atom stereocenters. The highest BCUT2D eigenvalue weighted by atomic mass is 16.3. The molecule has 0 fully saturated rings. The van der Waals surface area contributed by atoms with Gasteiger partial charge in [-0.05, 0) is 12.8 Å². The molecule has 0 aromatic heterocycles. The number of rotatable bonds is 6. The highest BCUT2D eigenvalue weighted by Crippen LogP contribution is 2.01. The van der Waals surface area contributed by atoms with Crippen molar-refractivity contribution in [3.05, 3.63) is 12.2 Å². The predicted octanol–water partition coefficient (Wildman–Crippen LogP) is 1.86. The van der Waals surface area contributed by atoms with E-state index in [-0.39, 0.29) is 12.2 Å². The molecule has 2 nitrogen and oxygen atoms in total. The Hall–Kier alpha value is -0.340. The van der Waals surface area contributed by atoms with Crippen LogP contribution in [0.15, 0.2) is 12.2 Å². The molecule has 0 spiro atoms. The van der Waals surface area contributed by atoms with Crippen LogP contribution in [0, 0.1) is 0 Å². The fourth-order valence-electron chi connectivity index (χ4n) is 1.04. The average molecular weight is 172 g/mol. The maximum absolute atomic E-state index is 9.27. The zero-order chi connectivity index (χ0) is 9.40. The zero-order valence-electron chi connectivity index (χ0n) is 8.03. The van der Waals surface area contributed by atoms with Crippen molar-refractivity contribution in [2.75, 3.05) is 0 Å². The summed E-state index contributed by atoms with van der Waals surface area (Å²) in [5.74, 6) is 0. The van der Waals surface area contributed by atoms with Gasteiger partial charge in [0.25, 0.3) is 0 Å². The maximum Gasteiger partial charge on any atom is 0.0721 e. The van der Waals surface area contributed by atoms with Gasteiger partial charge in [0.1, 0.15) is 0 Å². The molecule has 0 heterocycles. The topological polar surface area (TPSA) is 40.5 Å². The van der Waals surface area contributed by atoms with Gasteiger partial charge in [-0.1, -0.05) is 38.8 Å². The Labute approximate surface area is 74.9 Å². The lowest BCUT2D eigenvalue weighted by Crippen LogP contribution is -2.05. The van der Waals surface area contributed by atoms with Crippen molar-refractivity contribution in [1.82, 2.24) is 0 Å². The van der Waals surface area contributed by atoms with Gasteiger partial charge in [0.2, 0.25) is 0 Å². The smallest absolute Gasteiger partial charge is 0.0721 e. The number of hydrogen-bond donors (Lipinski definition) is 2. The summed E-state index contributed by atoms with van der Waals surface area (Å²) in [6.07, 6.45) is 6.08. The summed E-state index contributed by atoms with van der Waals surface area (Å²) in [6, 6.07) is 0. The first-order chi connectivity index (χ1) is 5.70. The van der Waals surface area contributed by atoms with E-state index in [1.165, 1.54) is 0 Å². The third kappa shape index (κ3) is 6.38. The zero-order valence-corrected chi connectivity index (χ0v) is 8.03. The van der Waals surface area contributed by atoms with Crippen LogP contribution in [-0.4, -0.2) is 22.4 Å². The van der Waals surface area contributed by atoms with Gasteiger partial charge >= 0.3 is 0 Å². The second-order valence-electron chi connectivity index (χ2n) is 3.10. The molecule has 12 heavy (non-hydrogen) atoms. The Morgan fingerprint density at radius 1 is 0.917 bits per heavy atom. The lowest BCUT2D eigenvalue weighted by molar-refractivity contribution is 0.195. The largest absolute Gasteiger partial charge is 0.389 e. The van der Waals surface area contributed by atoms with Crippen LogP contribution in [-0.2, 0) is 0 Å².